The molecule has 0 fully saturated rings. The van der Waals surface area contributed by atoms with Gasteiger partial charge in [-0.05, 0) is 24.1 Å². The maximum Gasteiger partial charge on any atom is 0.239 e. The molecule has 6 heteroatoms. The van der Waals surface area contributed by atoms with E-state index in [1.165, 1.54) is 7.11 Å². The smallest absolute Gasteiger partial charge is 0.239 e. The monoisotopic (exact) mass is 290 g/mol. The summed E-state index contributed by atoms with van der Waals surface area (Å²) in [4.78, 5) is 11.5. The molecule has 0 heterocycles. The summed E-state index contributed by atoms with van der Waals surface area (Å²) in [6.45, 7) is 0.672. The second-order valence-corrected chi connectivity index (χ2v) is 4.68. The summed E-state index contributed by atoms with van der Waals surface area (Å²) in [6, 6.07) is 4.64. The molecule has 1 aromatic carbocycles. The van der Waals surface area contributed by atoms with Crippen LogP contribution in [0.25, 0.3) is 0 Å². The summed E-state index contributed by atoms with van der Waals surface area (Å²) >= 11 is 11.8. The van der Waals surface area contributed by atoms with E-state index < -0.39 is 6.04 Å². The van der Waals surface area contributed by atoms with Gasteiger partial charge in [-0.3, -0.25) is 4.79 Å². The lowest BCUT2D eigenvalue weighted by Crippen LogP contribution is -2.44. The number of halogens is 2. The maximum absolute atomic E-state index is 11.5. The second kappa shape index (κ2) is 7.59. The Morgan fingerprint density at radius 1 is 1.50 bits per heavy atom. The molecular weight excluding hydrogens is 275 g/mol. The first-order chi connectivity index (χ1) is 8.54. The first kappa shape index (κ1) is 15.2. The lowest BCUT2D eigenvalue weighted by atomic mass is 10.1. The third-order valence-electron chi connectivity index (χ3n) is 2.39. The number of hydrogen-bond acceptors (Lipinski definition) is 3. The van der Waals surface area contributed by atoms with Crippen LogP contribution < -0.4 is 11.1 Å². The molecule has 100 valence electrons. The molecule has 0 aromatic heterocycles. The molecule has 18 heavy (non-hydrogen) atoms. The molecule has 0 aliphatic carbocycles. The lowest BCUT2D eigenvalue weighted by Gasteiger charge is -2.11. The Morgan fingerprint density at radius 2 is 2.22 bits per heavy atom. The number of benzene rings is 1. The Balaban J connectivity index is 2.39. The Bertz CT molecular complexity index is 413. The number of amides is 1. The fourth-order valence-electron chi connectivity index (χ4n) is 1.43. The zero-order valence-corrected chi connectivity index (χ0v) is 11.6. The number of carbonyl (C=O) groups is 1. The van der Waals surface area contributed by atoms with Gasteiger partial charge in [-0.1, -0.05) is 29.3 Å². The normalized spacial score (nSPS) is 12.2. The minimum Gasteiger partial charge on any atom is -0.383 e. The Labute approximate surface area is 116 Å². The highest BCUT2D eigenvalue weighted by molar-refractivity contribution is 6.35. The van der Waals surface area contributed by atoms with E-state index in [0.29, 0.717) is 23.0 Å². The van der Waals surface area contributed by atoms with Crippen molar-refractivity contribution >= 4 is 29.1 Å². The summed E-state index contributed by atoms with van der Waals surface area (Å²) in [7, 11) is 1.50. The van der Waals surface area contributed by atoms with E-state index in [1.807, 2.05) is 6.07 Å². The molecule has 1 rings (SSSR count). The molecule has 0 aliphatic heterocycles. The minimum atomic E-state index is -0.643. The van der Waals surface area contributed by atoms with Crippen molar-refractivity contribution in [1.29, 1.82) is 0 Å². The molecular formula is C12H16Cl2N2O2. The van der Waals surface area contributed by atoms with Crippen molar-refractivity contribution < 1.29 is 9.53 Å². The van der Waals surface area contributed by atoms with Crippen LogP contribution in [0.3, 0.4) is 0 Å². The zero-order chi connectivity index (χ0) is 13.5. The van der Waals surface area contributed by atoms with Crippen molar-refractivity contribution in [2.45, 2.75) is 12.5 Å². The summed E-state index contributed by atoms with van der Waals surface area (Å²) in [6.07, 6.45) is 0.626. The molecule has 0 saturated heterocycles. The number of ether oxygens (including phenoxy) is 1. The van der Waals surface area contributed by atoms with Gasteiger partial charge in [0.05, 0.1) is 6.61 Å². The van der Waals surface area contributed by atoms with Gasteiger partial charge >= 0.3 is 0 Å². The molecule has 1 atom stereocenters. The molecule has 1 amide bonds. The quantitative estimate of drug-likeness (QED) is 0.837. The van der Waals surface area contributed by atoms with Crippen LogP contribution in [-0.4, -0.2) is 32.2 Å². The van der Waals surface area contributed by atoms with E-state index >= 15 is 0 Å². The average molecular weight is 291 g/mol. The maximum atomic E-state index is 11.5. The minimum absolute atomic E-state index is 0.202. The van der Waals surface area contributed by atoms with Crippen LogP contribution in [0.2, 0.25) is 10.0 Å². The van der Waals surface area contributed by atoms with Gasteiger partial charge in [-0.25, -0.2) is 0 Å². The summed E-state index contributed by atoms with van der Waals surface area (Å²) in [5.74, 6) is -0.234. The summed E-state index contributed by atoms with van der Waals surface area (Å²) in [5.41, 5.74) is 6.51. The van der Waals surface area contributed by atoms with Crippen LogP contribution >= 0.6 is 23.2 Å². The van der Waals surface area contributed by atoms with Crippen molar-refractivity contribution in [3.8, 4) is 0 Å². The Kier molecular flexibility index (Phi) is 6.43. The average Bonchev–Trinajstić information content (AvgIpc) is 2.32. The molecule has 0 bridgehead atoms. The topological polar surface area (TPSA) is 64.3 Å². The highest BCUT2D eigenvalue weighted by atomic mass is 35.5. The third-order valence-corrected chi connectivity index (χ3v) is 2.98. The van der Waals surface area contributed by atoms with Crippen LogP contribution in [0.5, 0.6) is 0 Å². The first-order valence-electron chi connectivity index (χ1n) is 5.50. The number of carbonyl (C=O) groups excluding carboxylic acids is 1. The lowest BCUT2D eigenvalue weighted by molar-refractivity contribution is -0.123. The van der Waals surface area contributed by atoms with Crippen LogP contribution in [0, 0.1) is 0 Å². The van der Waals surface area contributed by atoms with Crippen molar-refractivity contribution in [1.82, 2.24) is 5.32 Å². The largest absolute Gasteiger partial charge is 0.383 e. The van der Waals surface area contributed by atoms with Gasteiger partial charge in [0, 0.05) is 23.7 Å². The predicted octanol–water partition coefficient (Wildman–Crippen LogP) is 1.63. The number of rotatable bonds is 6. The van der Waals surface area contributed by atoms with Crippen molar-refractivity contribution in [3.63, 3.8) is 0 Å². The fraction of sp³-hybridized carbons (Fsp3) is 0.417. The number of hydrogen-bond donors (Lipinski definition) is 2. The molecule has 0 spiro atoms. The van der Waals surface area contributed by atoms with E-state index in [1.54, 1.807) is 12.1 Å². The highest BCUT2D eigenvalue weighted by Crippen LogP contribution is 2.20. The van der Waals surface area contributed by atoms with Crippen molar-refractivity contribution in [2.24, 2.45) is 5.73 Å². The summed E-state index contributed by atoms with van der Waals surface area (Å²) < 4.78 is 4.80. The molecule has 0 aliphatic rings. The predicted molar refractivity (Wildman–Crippen MR) is 73.0 cm³/mol. The van der Waals surface area contributed by atoms with E-state index in [-0.39, 0.29) is 12.5 Å². The van der Waals surface area contributed by atoms with Crippen LogP contribution in [0.4, 0.5) is 0 Å². The van der Waals surface area contributed by atoms with Gasteiger partial charge in [0.15, 0.2) is 0 Å². The zero-order valence-electron chi connectivity index (χ0n) is 10.1. The second-order valence-electron chi connectivity index (χ2n) is 3.84. The standard InChI is InChI=1S/C12H16Cl2N2O2/c1-18-7-11(15)12(17)16-5-4-8-2-3-9(13)6-10(8)14/h2-3,6,11H,4-5,7,15H2,1H3,(H,16,17). The highest BCUT2D eigenvalue weighted by Gasteiger charge is 2.12. The van der Waals surface area contributed by atoms with Crippen LogP contribution in [0.15, 0.2) is 18.2 Å². The van der Waals surface area contributed by atoms with Gasteiger partial charge in [0.25, 0.3) is 0 Å². The van der Waals surface area contributed by atoms with Crippen LogP contribution in [-0.2, 0) is 16.0 Å². The number of methoxy groups -OCH3 is 1. The molecule has 0 saturated carbocycles. The van der Waals surface area contributed by atoms with Crippen molar-refractivity contribution in [2.75, 3.05) is 20.3 Å². The fourth-order valence-corrected chi connectivity index (χ4v) is 1.93. The SMILES string of the molecule is COCC(N)C(=O)NCCc1ccc(Cl)cc1Cl. The van der Waals surface area contributed by atoms with Gasteiger partial charge in [0.2, 0.25) is 5.91 Å². The summed E-state index contributed by atoms with van der Waals surface area (Å²) in [5, 5.41) is 3.91. The van der Waals surface area contributed by atoms with E-state index in [4.69, 9.17) is 33.7 Å². The molecule has 3 N–H and O–H groups in total. The van der Waals surface area contributed by atoms with E-state index in [2.05, 4.69) is 5.32 Å². The van der Waals surface area contributed by atoms with Gasteiger partial charge in [0.1, 0.15) is 6.04 Å². The van der Waals surface area contributed by atoms with Gasteiger partial charge < -0.3 is 15.8 Å². The van der Waals surface area contributed by atoms with E-state index in [0.717, 1.165) is 5.56 Å². The Morgan fingerprint density at radius 3 is 2.83 bits per heavy atom. The molecule has 1 aromatic rings. The first-order valence-corrected chi connectivity index (χ1v) is 6.26. The van der Waals surface area contributed by atoms with Gasteiger partial charge in [-0.2, -0.15) is 0 Å². The molecule has 1 unspecified atom stereocenters. The van der Waals surface area contributed by atoms with Crippen molar-refractivity contribution in [3.05, 3.63) is 33.8 Å². The van der Waals surface area contributed by atoms with Crippen LogP contribution in [0.1, 0.15) is 5.56 Å². The Hall–Kier alpha value is -0.810. The third kappa shape index (κ3) is 4.82. The van der Waals surface area contributed by atoms with Gasteiger partial charge in [-0.15, -0.1) is 0 Å². The number of nitrogens with one attached hydrogen (secondary N) is 1. The molecule has 4 nitrogen and oxygen atoms in total. The molecule has 0 radical (unpaired) electrons. The van der Waals surface area contributed by atoms with E-state index in [9.17, 15) is 4.79 Å². The number of nitrogens with two attached hydrogens (primary N) is 1.